The molecule has 1 aromatic rings. The van der Waals surface area contributed by atoms with E-state index in [-0.39, 0.29) is 5.92 Å². The van der Waals surface area contributed by atoms with Gasteiger partial charge in [0.15, 0.2) is 0 Å². The third-order valence-electron chi connectivity index (χ3n) is 6.18. The maximum atomic E-state index is 11.9. The van der Waals surface area contributed by atoms with E-state index in [1.54, 1.807) is 7.11 Å². The van der Waals surface area contributed by atoms with Crippen LogP contribution in [0.1, 0.15) is 56.9 Å². The minimum Gasteiger partial charge on any atom is -0.493 e. The summed E-state index contributed by atoms with van der Waals surface area (Å²) in [5.74, 6) is 1.79. The molecule has 4 nitrogen and oxygen atoms in total. The van der Waals surface area contributed by atoms with Crippen molar-refractivity contribution in [2.24, 2.45) is 11.8 Å². The summed E-state index contributed by atoms with van der Waals surface area (Å²) in [4.78, 5) is 0. The Kier molecular flexibility index (Phi) is 7.35. The highest BCUT2D eigenvalue weighted by atomic mass is 16.5. The fraction of sp³-hybridized carbons (Fsp3) is 0.727. The van der Waals surface area contributed by atoms with Gasteiger partial charge in [-0.25, -0.2) is 0 Å². The van der Waals surface area contributed by atoms with Gasteiger partial charge in [0, 0.05) is 31.7 Å². The van der Waals surface area contributed by atoms with E-state index in [9.17, 15) is 5.11 Å². The lowest BCUT2D eigenvalue weighted by Crippen LogP contribution is -2.44. The van der Waals surface area contributed by atoms with Crippen LogP contribution in [0.15, 0.2) is 24.3 Å². The molecule has 146 valence electrons. The molecule has 2 atom stereocenters. The first-order valence-electron chi connectivity index (χ1n) is 10.4. The lowest BCUT2D eigenvalue weighted by molar-refractivity contribution is -0.0456. The topological polar surface area (TPSA) is 50.7 Å². The van der Waals surface area contributed by atoms with Gasteiger partial charge in [-0.05, 0) is 63.5 Å². The molecule has 2 N–H and O–H groups in total. The number of para-hydroxylation sites is 1. The molecule has 0 bridgehead atoms. The second-order valence-corrected chi connectivity index (χ2v) is 8.02. The Morgan fingerprint density at radius 1 is 1.15 bits per heavy atom. The minimum absolute atomic E-state index is 0.229. The number of unbranched alkanes of at least 4 members (excludes halogenated alkanes) is 1. The van der Waals surface area contributed by atoms with Gasteiger partial charge in [0.2, 0.25) is 0 Å². The number of rotatable bonds is 10. The van der Waals surface area contributed by atoms with E-state index in [0.29, 0.717) is 5.92 Å². The summed E-state index contributed by atoms with van der Waals surface area (Å²) in [6, 6.07) is 8.15. The quantitative estimate of drug-likeness (QED) is 0.621. The van der Waals surface area contributed by atoms with Crippen LogP contribution in [0.4, 0.5) is 0 Å². The normalized spacial score (nSPS) is 23.2. The summed E-state index contributed by atoms with van der Waals surface area (Å²) in [6.45, 7) is 3.45. The molecule has 2 fully saturated rings. The van der Waals surface area contributed by atoms with Gasteiger partial charge in [0.25, 0.3) is 0 Å². The molecule has 4 heteroatoms. The summed E-state index contributed by atoms with van der Waals surface area (Å²) >= 11 is 0. The van der Waals surface area contributed by atoms with Crippen LogP contribution in [0.2, 0.25) is 0 Å². The fourth-order valence-corrected chi connectivity index (χ4v) is 4.28. The van der Waals surface area contributed by atoms with Gasteiger partial charge >= 0.3 is 0 Å². The van der Waals surface area contributed by atoms with Crippen LogP contribution in [0.5, 0.6) is 5.75 Å². The van der Waals surface area contributed by atoms with Crippen molar-refractivity contribution in [3.63, 3.8) is 0 Å². The summed E-state index contributed by atoms with van der Waals surface area (Å²) in [5, 5.41) is 15.3. The van der Waals surface area contributed by atoms with Gasteiger partial charge < -0.3 is 19.9 Å². The Bertz CT molecular complexity index is 540. The largest absolute Gasteiger partial charge is 0.493 e. The molecule has 2 unspecified atom stereocenters. The number of hydrogen-bond acceptors (Lipinski definition) is 4. The molecule has 1 aliphatic carbocycles. The monoisotopic (exact) mass is 361 g/mol. The van der Waals surface area contributed by atoms with Crippen molar-refractivity contribution >= 4 is 0 Å². The van der Waals surface area contributed by atoms with Crippen molar-refractivity contribution < 1.29 is 14.6 Å². The van der Waals surface area contributed by atoms with Crippen molar-refractivity contribution in [2.45, 2.75) is 57.0 Å². The maximum Gasteiger partial charge on any atom is 0.125 e. The highest BCUT2D eigenvalue weighted by Crippen LogP contribution is 2.42. The van der Waals surface area contributed by atoms with Crippen LogP contribution < -0.4 is 10.1 Å². The van der Waals surface area contributed by atoms with Gasteiger partial charge in [0.05, 0.1) is 12.2 Å². The van der Waals surface area contributed by atoms with Crippen LogP contribution in [0, 0.1) is 11.8 Å². The molecule has 3 rings (SSSR count). The average molecular weight is 362 g/mol. The Hall–Kier alpha value is -1.10. The highest BCUT2D eigenvalue weighted by molar-refractivity contribution is 5.39. The van der Waals surface area contributed by atoms with E-state index in [1.165, 1.54) is 19.3 Å². The fourth-order valence-electron chi connectivity index (χ4n) is 4.28. The molecule has 0 spiro atoms. The summed E-state index contributed by atoms with van der Waals surface area (Å²) < 4.78 is 11.4. The molecular weight excluding hydrogens is 326 g/mol. The van der Waals surface area contributed by atoms with Crippen LogP contribution >= 0.6 is 0 Å². The molecule has 26 heavy (non-hydrogen) atoms. The van der Waals surface area contributed by atoms with Crippen LogP contribution in [-0.2, 0) is 10.3 Å². The molecule has 1 saturated carbocycles. The predicted octanol–water partition coefficient (Wildman–Crippen LogP) is 3.87. The van der Waals surface area contributed by atoms with Crippen molar-refractivity contribution in [3.05, 3.63) is 29.8 Å². The maximum absolute atomic E-state index is 11.9. The number of piperidine rings is 1. The van der Waals surface area contributed by atoms with Gasteiger partial charge in [-0.2, -0.15) is 0 Å². The molecule has 0 aromatic heterocycles. The summed E-state index contributed by atoms with van der Waals surface area (Å²) in [6.07, 6.45) is 8.74. The second kappa shape index (κ2) is 9.72. The van der Waals surface area contributed by atoms with Crippen LogP contribution in [-0.4, -0.2) is 38.5 Å². The Morgan fingerprint density at radius 3 is 2.69 bits per heavy atom. The molecule has 1 saturated heterocycles. The zero-order valence-electron chi connectivity index (χ0n) is 16.2. The Labute approximate surface area is 158 Å². The van der Waals surface area contributed by atoms with Gasteiger partial charge in [-0.15, -0.1) is 0 Å². The smallest absolute Gasteiger partial charge is 0.125 e. The van der Waals surface area contributed by atoms with Crippen molar-refractivity contribution in [1.29, 1.82) is 0 Å². The first-order chi connectivity index (χ1) is 12.7. The first kappa shape index (κ1) is 19.7. The first-order valence-corrected chi connectivity index (χ1v) is 10.4. The number of aliphatic hydroxyl groups is 1. The number of nitrogens with one attached hydrogen (secondary N) is 1. The zero-order valence-corrected chi connectivity index (χ0v) is 16.2. The Morgan fingerprint density at radius 2 is 2.00 bits per heavy atom. The summed E-state index contributed by atoms with van der Waals surface area (Å²) in [7, 11) is 1.74. The third-order valence-corrected chi connectivity index (χ3v) is 6.18. The molecule has 0 radical (unpaired) electrons. The van der Waals surface area contributed by atoms with Crippen LogP contribution in [0.3, 0.4) is 0 Å². The molecule has 2 aliphatic rings. The number of hydrogen-bond donors (Lipinski definition) is 2. The Balaban J connectivity index is 1.77. The van der Waals surface area contributed by atoms with Gasteiger partial charge in [0.1, 0.15) is 5.75 Å². The van der Waals surface area contributed by atoms with E-state index in [1.807, 2.05) is 18.2 Å². The van der Waals surface area contributed by atoms with E-state index < -0.39 is 5.60 Å². The van der Waals surface area contributed by atoms with Gasteiger partial charge in [-0.3, -0.25) is 0 Å². The SMILES string of the molecule is COCCCCC(O)(c1ccccc1OCC1CCC1)C1CCCNC1. The van der Waals surface area contributed by atoms with Crippen molar-refractivity contribution in [1.82, 2.24) is 5.32 Å². The molecular formula is C22H35NO3. The van der Waals surface area contributed by atoms with Crippen molar-refractivity contribution in [3.8, 4) is 5.75 Å². The van der Waals surface area contributed by atoms with E-state index in [2.05, 4.69) is 11.4 Å². The van der Waals surface area contributed by atoms with Crippen LogP contribution in [0.25, 0.3) is 0 Å². The number of benzene rings is 1. The zero-order chi connectivity index (χ0) is 18.2. The molecule has 0 amide bonds. The van der Waals surface area contributed by atoms with E-state index in [4.69, 9.17) is 9.47 Å². The lowest BCUT2D eigenvalue weighted by Gasteiger charge is -2.40. The second-order valence-electron chi connectivity index (χ2n) is 8.02. The van der Waals surface area contributed by atoms with E-state index >= 15 is 0 Å². The third kappa shape index (κ3) is 4.79. The van der Waals surface area contributed by atoms with Crippen molar-refractivity contribution in [2.75, 3.05) is 33.4 Å². The molecule has 1 aliphatic heterocycles. The standard InChI is InChI=1S/C22H35NO3/c1-25-15-5-4-13-22(24,19-10-7-14-23-16-19)20-11-2-3-12-21(20)26-17-18-8-6-9-18/h2-3,11-12,18-19,23-24H,4-10,13-17H2,1H3. The van der Waals surface area contributed by atoms with E-state index in [0.717, 1.165) is 69.7 Å². The highest BCUT2D eigenvalue weighted by Gasteiger charge is 2.40. The molecule has 1 aromatic carbocycles. The average Bonchev–Trinajstić information content (AvgIpc) is 2.65. The molecule has 1 heterocycles. The van der Waals surface area contributed by atoms with Gasteiger partial charge in [-0.1, -0.05) is 24.6 Å². The number of ether oxygens (including phenoxy) is 2. The lowest BCUT2D eigenvalue weighted by atomic mass is 9.74. The minimum atomic E-state index is -0.836. The number of methoxy groups -OCH3 is 1. The summed E-state index contributed by atoms with van der Waals surface area (Å²) in [5.41, 5.74) is 0.141. The predicted molar refractivity (Wildman–Crippen MR) is 104 cm³/mol.